The van der Waals surface area contributed by atoms with Gasteiger partial charge in [0.15, 0.2) is 5.78 Å². The number of thiazole rings is 1. The minimum atomic E-state index is -0.533. The number of hydrogen-bond donors (Lipinski definition) is 0. The lowest BCUT2D eigenvalue weighted by Crippen LogP contribution is -2.43. The fourth-order valence-electron chi connectivity index (χ4n) is 3.55. The highest BCUT2D eigenvalue weighted by Crippen LogP contribution is 2.22. The number of fused-ring (bicyclic) bond motifs is 1. The average molecular weight is 457 g/mol. The molecule has 3 aromatic rings. The molecule has 0 saturated carbocycles. The number of benzene rings is 1. The first-order valence-corrected chi connectivity index (χ1v) is 10.00. The zero-order valence-corrected chi connectivity index (χ0v) is 17.6. The smallest absolute Gasteiger partial charge is 0.354 e. The van der Waals surface area contributed by atoms with Gasteiger partial charge in [0.1, 0.15) is 5.82 Å². The Morgan fingerprint density at radius 1 is 1.13 bits per heavy atom. The summed E-state index contributed by atoms with van der Waals surface area (Å²) in [6, 6.07) is 5.66. The molecule has 0 spiro atoms. The van der Waals surface area contributed by atoms with Crippen LogP contribution in [-0.2, 0) is 6.54 Å². The molecule has 162 valence electrons. The number of aromatic nitrogens is 3. The molecule has 2 N–H and O–H groups in total. The fraction of sp³-hybridized carbons (Fsp3) is 0.368. The van der Waals surface area contributed by atoms with E-state index in [4.69, 9.17) is 0 Å². The number of hydrogen-bond acceptors (Lipinski definition) is 6. The molecule has 0 amide bonds. The summed E-state index contributed by atoms with van der Waals surface area (Å²) < 4.78 is 15.5. The summed E-state index contributed by atoms with van der Waals surface area (Å²) in [5.41, 5.74) is -0.374. The Morgan fingerprint density at radius 3 is 2.47 bits per heavy atom. The maximum absolute atomic E-state index is 13.0. The predicted molar refractivity (Wildman–Crippen MR) is 114 cm³/mol. The van der Waals surface area contributed by atoms with Crippen LogP contribution in [0.15, 0.2) is 45.4 Å². The van der Waals surface area contributed by atoms with Gasteiger partial charge in [-0.15, -0.1) is 23.7 Å². The molecule has 2 aromatic heterocycles. The molecule has 4 rings (SSSR count). The first-order chi connectivity index (χ1) is 13.5. The summed E-state index contributed by atoms with van der Waals surface area (Å²) >= 11 is 1.25. The van der Waals surface area contributed by atoms with Crippen molar-refractivity contribution >= 4 is 34.5 Å². The van der Waals surface area contributed by atoms with Gasteiger partial charge in [0, 0.05) is 36.1 Å². The van der Waals surface area contributed by atoms with Gasteiger partial charge in [-0.25, -0.2) is 22.9 Å². The summed E-state index contributed by atoms with van der Waals surface area (Å²) in [6.45, 7) is 2.23. The van der Waals surface area contributed by atoms with Crippen molar-refractivity contribution in [3.8, 4) is 0 Å². The Balaban J connectivity index is 0.00000160. The van der Waals surface area contributed by atoms with E-state index in [1.165, 1.54) is 40.0 Å². The zero-order valence-electron chi connectivity index (χ0n) is 16.0. The van der Waals surface area contributed by atoms with Crippen LogP contribution < -0.4 is 11.4 Å². The van der Waals surface area contributed by atoms with Crippen LogP contribution in [0, 0.1) is 11.7 Å². The normalized spacial score (nSPS) is 14.8. The molecule has 1 aliphatic rings. The van der Waals surface area contributed by atoms with Gasteiger partial charge < -0.3 is 10.4 Å². The van der Waals surface area contributed by atoms with Crippen LogP contribution in [-0.4, -0.2) is 49.7 Å². The molecule has 8 nitrogen and oxygen atoms in total. The van der Waals surface area contributed by atoms with Crippen LogP contribution in [0.1, 0.15) is 23.2 Å². The van der Waals surface area contributed by atoms with Crippen molar-refractivity contribution in [2.45, 2.75) is 19.4 Å². The fourth-order valence-corrected chi connectivity index (χ4v) is 4.24. The van der Waals surface area contributed by atoms with Crippen molar-refractivity contribution in [1.82, 2.24) is 18.9 Å². The van der Waals surface area contributed by atoms with Crippen LogP contribution in [0.3, 0.4) is 0 Å². The van der Waals surface area contributed by atoms with E-state index >= 15 is 0 Å². The highest BCUT2D eigenvalue weighted by atomic mass is 35.5. The molecule has 0 aliphatic carbocycles. The van der Waals surface area contributed by atoms with Crippen LogP contribution in [0.4, 0.5) is 4.39 Å². The number of carbonyl (C=O) groups is 1. The predicted octanol–water partition coefficient (Wildman–Crippen LogP) is 1.25. The number of halogens is 2. The third kappa shape index (κ3) is 4.84. The number of piperidine rings is 1. The quantitative estimate of drug-likeness (QED) is 0.537. The van der Waals surface area contributed by atoms with Crippen molar-refractivity contribution in [3.05, 3.63) is 68.2 Å². The van der Waals surface area contributed by atoms with Crippen molar-refractivity contribution < 1.29 is 14.7 Å². The molecule has 0 atom stereocenters. The number of Topliss-reactive ketones (excluding diaryl/α,β-unsaturated/α-hetero) is 1. The third-order valence-electron chi connectivity index (χ3n) is 5.18. The van der Waals surface area contributed by atoms with Crippen LogP contribution in [0.2, 0.25) is 0 Å². The van der Waals surface area contributed by atoms with Crippen LogP contribution in [0.5, 0.6) is 0 Å². The minimum absolute atomic E-state index is 0. The number of likely N-dealkylation sites (tertiary alicyclic amines) is 1. The van der Waals surface area contributed by atoms with Crippen LogP contribution in [0.25, 0.3) is 4.96 Å². The van der Waals surface area contributed by atoms with E-state index in [2.05, 4.69) is 9.88 Å². The van der Waals surface area contributed by atoms with E-state index in [0.717, 1.165) is 4.57 Å². The molecule has 0 bridgehead atoms. The highest BCUT2D eigenvalue weighted by molar-refractivity contribution is 7.15. The molecular formula is C19H22ClFN4O4S. The maximum atomic E-state index is 13.0. The summed E-state index contributed by atoms with van der Waals surface area (Å²) in [4.78, 5) is 43.5. The Bertz CT molecular complexity index is 1120. The molecule has 3 heterocycles. The lowest BCUT2D eigenvalue weighted by molar-refractivity contribution is 0.0837. The lowest BCUT2D eigenvalue weighted by Gasteiger charge is -2.31. The van der Waals surface area contributed by atoms with Gasteiger partial charge >= 0.3 is 11.4 Å². The molecule has 1 aliphatic heterocycles. The van der Waals surface area contributed by atoms with E-state index in [9.17, 15) is 18.8 Å². The lowest BCUT2D eigenvalue weighted by atomic mass is 9.89. The van der Waals surface area contributed by atoms with Gasteiger partial charge in [0.2, 0.25) is 4.96 Å². The highest BCUT2D eigenvalue weighted by Gasteiger charge is 2.26. The molecule has 1 fully saturated rings. The number of ketones is 1. The Hall–Kier alpha value is -2.40. The zero-order chi connectivity index (χ0) is 19.7. The monoisotopic (exact) mass is 456 g/mol. The van der Waals surface area contributed by atoms with Gasteiger partial charge in [-0.2, -0.15) is 4.98 Å². The SMILES string of the molecule is Cl.O.O=C(c1ccc(F)cc1)C1CCN(CCn2c(=O)nc3sccn3c2=O)CC1. The molecular weight excluding hydrogens is 435 g/mol. The van der Waals surface area contributed by atoms with E-state index in [1.54, 1.807) is 11.6 Å². The van der Waals surface area contributed by atoms with Crippen molar-refractivity contribution in [2.75, 3.05) is 19.6 Å². The number of nitrogens with zero attached hydrogens (tertiary/aromatic N) is 4. The number of rotatable bonds is 5. The standard InChI is InChI=1S/C19H19FN4O3S.ClH.H2O/c20-15-3-1-13(2-4-15)16(25)14-5-7-22(8-6-14)9-10-23-17(26)21-18-24(19(23)27)11-12-28-18;;/h1-4,11-12,14H,5-10H2;1H;1H2. The van der Waals surface area contributed by atoms with Gasteiger partial charge in [0.25, 0.3) is 0 Å². The van der Waals surface area contributed by atoms with E-state index < -0.39 is 5.69 Å². The van der Waals surface area contributed by atoms with E-state index in [-0.39, 0.29) is 47.6 Å². The first kappa shape index (κ1) is 23.9. The van der Waals surface area contributed by atoms with Gasteiger partial charge in [0.05, 0.1) is 0 Å². The summed E-state index contributed by atoms with van der Waals surface area (Å²) in [5.74, 6) is -0.396. The Kier molecular flexibility index (Phi) is 8.02. The van der Waals surface area contributed by atoms with E-state index in [1.807, 2.05) is 0 Å². The molecule has 30 heavy (non-hydrogen) atoms. The summed E-state index contributed by atoms with van der Waals surface area (Å²) in [5, 5.41) is 1.72. The van der Waals surface area contributed by atoms with Crippen molar-refractivity contribution in [2.24, 2.45) is 5.92 Å². The average Bonchev–Trinajstić information content (AvgIpc) is 3.17. The second kappa shape index (κ2) is 10.1. The second-order valence-corrected chi connectivity index (χ2v) is 7.74. The molecule has 0 radical (unpaired) electrons. The first-order valence-electron chi connectivity index (χ1n) is 9.12. The molecule has 1 saturated heterocycles. The molecule has 0 unspecified atom stereocenters. The van der Waals surface area contributed by atoms with E-state index in [0.29, 0.717) is 43.0 Å². The summed E-state index contributed by atoms with van der Waals surface area (Å²) in [7, 11) is 0. The van der Waals surface area contributed by atoms with Gasteiger partial charge in [-0.1, -0.05) is 0 Å². The largest absolute Gasteiger partial charge is 0.412 e. The number of carbonyl (C=O) groups excluding carboxylic acids is 1. The third-order valence-corrected chi connectivity index (χ3v) is 5.93. The molecule has 1 aromatic carbocycles. The van der Waals surface area contributed by atoms with Gasteiger partial charge in [-0.3, -0.25) is 4.79 Å². The summed E-state index contributed by atoms with van der Waals surface area (Å²) in [6.07, 6.45) is 3.01. The van der Waals surface area contributed by atoms with Crippen molar-refractivity contribution in [3.63, 3.8) is 0 Å². The topological polar surface area (TPSA) is 108 Å². The minimum Gasteiger partial charge on any atom is -0.412 e. The van der Waals surface area contributed by atoms with Crippen LogP contribution >= 0.6 is 23.7 Å². The molecule has 11 heteroatoms. The Labute approximate surface area is 181 Å². The van der Waals surface area contributed by atoms with Crippen molar-refractivity contribution in [1.29, 1.82) is 0 Å². The Morgan fingerprint density at radius 2 is 1.80 bits per heavy atom. The maximum Gasteiger partial charge on any atom is 0.354 e. The second-order valence-electron chi connectivity index (χ2n) is 6.87. The van der Waals surface area contributed by atoms with Gasteiger partial charge in [-0.05, 0) is 50.2 Å².